The number of nitrogens with zero attached hydrogens (tertiary/aromatic N) is 5. The lowest BCUT2D eigenvalue weighted by Crippen LogP contribution is -2.37. The van der Waals surface area contributed by atoms with E-state index >= 15 is 0 Å². The first-order valence-corrected chi connectivity index (χ1v) is 11.6. The average Bonchev–Trinajstić information content (AvgIpc) is 3.00. The molecular formula is C24H31N5O3. The zero-order valence-electron chi connectivity index (χ0n) is 18.5. The molecule has 32 heavy (non-hydrogen) atoms. The molecule has 1 aromatic heterocycles. The lowest BCUT2D eigenvalue weighted by molar-refractivity contribution is 0.0442. The normalized spacial score (nSPS) is 24.6. The van der Waals surface area contributed by atoms with Gasteiger partial charge in [-0.25, -0.2) is 14.8 Å². The van der Waals surface area contributed by atoms with Crippen LogP contribution in [0, 0.1) is 0 Å². The molecule has 0 aliphatic carbocycles. The van der Waals surface area contributed by atoms with Gasteiger partial charge >= 0.3 is 6.09 Å². The SMILES string of the molecule is O=C1O[C@]2(CCCN(Cc3ccnc(N4CCOCC4)n3)CC2)CN1Cc1ccccc1. The predicted octanol–water partition coefficient (Wildman–Crippen LogP) is 2.69. The number of benzene rings is 1. The molecule has 8 heteroatoms. The van der Waals surface area contributed by atoms with Crippen LogP contribution in [0.15, 0.2) is 42.6 Å². The van der Waals surface area contributed by atoms with E-state index < -0.39 is 0 Å². The first-order chi connectivity index (χ1) is 15.7. The third-order valence-corrected chi connectivity index (χ3v) is 6.63. The molecule has 5 rings (SSSR count). The number of anilines is 1. The minimum Gasteiger partial charge on any atom is -0.441 e. The molecule has 3 saturated heterocycles. The Hall–Kier alpha value is -2.71. The Bertz CT molecular complexity index is 921. The Morgan fingerprint density at radius 1 is 0.969 bits per heavy atom. The highest BCUT2D eigenvalue weighted by atomic mass is 16.6. The lowest BCUT2D eigenvalue weighted by atomic mass is 9.95. The zero-order valence-corrected chi connectivity index (χ0v) is 18.5. The van der Waals surface area contributed by atoms with E-state index in [9.17, 15) is 4.79 Å². The maximum Gasteiger partial charge on any atom is 0.410 e. The Labute approximate surface area is 189 Å². The fraction of sp³-hybridized carbons (Fsp3) is 0.542. The summed E-state index contributed by atoms with van der Waals surface area (Å²) >= 11 is 0. The van der Waals surface area contributed by atoms with Crippen LogP contribution < -0.4 is 4.90 Å². The molecule has 3 aliphatic heterocycles. The van der Waals surface area contributed by atoms with Crippen LogP contribution in [0.1, 0.15) is 30.5 Å². The molecule has 0 unspecified atom stereocenters. The first-order valence-electron chi connectivity index (χ1n) is 11.6. The van der Waals surface area contributed by atoms with Gasteiger partial charge < -0.3 is 14.4 Å². The number of carbonyl (C=O) groups is 1. The minimum atomic E-state index is -0.370. The Morgan fingerprint density at radius 2 is 1.81 bits per heavy atom. The van der Waals surface area contributed by atoms with Crippen molar-refractivity contribution in [2.75, 3.05) is 50.8 Å². The number of amides is 1. The third-order valence-electron chi connectivity index (χ3n) is 6.63. The fourth-order valence-corrected chi connectivity index (χ4v) is 4.88. The lowest BCUT2D eigenvalue weighted by Gasteiger charge is -2.27. The molecule has 0 N–H and O–H groups in total. The van der Waals surface area contributed by atoms with Gasteiger partial charge in [0.2, 0.25) is 5.95 Å². The van der Waals surface area contributed by atoms with Crippen molar-refractivity contribution in [2.24, 2.45) is 0 Å². The summed E-state index contributed by atoms with van der Waals surface area (Å²) in [7, 11) is 0. The molecular weight excluding hydrogens is 406 g/mol. The molecule has 3 aliphatic rings. The first kappa shape index (κ1) is 21.2. The maximum atomic E-state index is 12.6. The van der Waals surface area contributed by atoms with E-state index in [1.807, 2.05) is 35.4 Å². The summed E-state index contributed by atoms with van der Waals surface area (Å²) in [5, 5.41) is 0. The number of likely N-dealkylation sites (tertiary alicyclic amines) is 1. The molecule has 170 valence electrons. The van der Waals surface area contributed by atoms with Crippen LogP contribution in [-0.4, -0.2) is 77.4 Å². The van der Waals surface area contributed by atoms with Gasteiger partial charge in [0.1, 0.15) is 5.60 Å². The second-order valence-electron chi connectivity index (χ2n) is 8.97. The van der Waals surface area contributed by atoms with Crippen LogP contribution in [0.3, 0.4) is 0 Å². The molecule has 1 atom stereocenters. The quantitative estimate of drug-likeness (QED) is 0.712. The largest absolute Gasteiger partial charge is 0.441 e. The van der Waals surface area contributed by atoms with Crippen molar-refractivity contribution in [1.29, 1.82) is 0 Å². The molecule has 3 fully saturated rings. The average molecular weight is 438 g/mol. The van der Waals surface area contributed by atoms with E-state index in [1.54, 1.807) is 0 Å². The van der Waals surface area contributed by atoms with Crippen molar-refractivity contribution >= 4 is 12.0 Å². The molecule has 1 aromatic carbocycles. The predicted molar refractivity (Wildman–Crippen MR) is 120 cm³/mol. The van der Waals surface area contributed by atoms with Crippen LogP contribution in [0.5, 0.6) is 0 Å². The van der Waals surface area contributed by atoms with Crippen LogP contribution in [-0.2, 0) is 22.6 Å². The van der Waals surface area contributed by atoms with E-state index in [1.165, 1.54) is 0 Å². The number of morpholine rings is 1. The van der Waals surface area contributed by atoms with Gasteiger partial charge in [0.05, 0.1) is 25.5 Å². The van der Waals surface area contributed by atoms with Crippen LogP contribution in [0.4, 0.5) is 10.7 Å². The summed E-state index contributed by atoms with van der Waals surface area (Å²) in [5.74, 6) is 0.790. The summed E-state index contributed by atoms with van der Waals surface area (Å²) in [6.07, 6.45) is 4.43. The zero-order chi connectivity index (χ0) is 21.8. The van der Waals surface area contributed by atoms with Gasteiger partial charge in [-0.2, -0.15) is 0 Å². The molecule has 0 bridgehead atoms. The van der Waals surface area contributed by atoms with Crippen LogP contribution in [0.2, 0.25) is 0 Å². The summed E-state index contributed by atoms with van der Waals surface area (Å²) < 4.78 is 11.4. The van der Waals surface area contributed by atoms with Crippen molar-refractivity contribution in [3.8, 4) is 0 Å². The van der Waals surface area contributed by atoms with E-state index in [2.05, 4.69) is 26.9 Å². The van der Waals surface area contributed by atoms with Gasteiger partial charge in [0.15, 0.2) is 0 Å². The molecule has 0 radical (unpaired) electrons. The van der Waals surface area contributed by atoms with E-state index in [-0.39, 0.29) is 11.7 Å². The third kappa shape index (κ3) is 4.86. The number of hydrogen-bond acceptors (Lipinski definition) is 7. The molecule has 4 heterocycles. The van der Waals surface area contributed by atoms with Crippen LogP contribution >= 0.6 is 0 Å². The fourth-order valence-electron chi connectivity index (χ4n) is 4.88. The second kappa shape index (κ2) is 9.42. The number of hydrogen-bond donors (Lipinski definition) is 0. The molecule has 0 saturated carbocycles. The molecule has 1 amide bonds. The number of rotatable bonds is 5. The van der Waals surface area contributed by atoms with Crippen molar-refractivity contribution < 1.29 is 14.3 Å². The number of aromatic nitrogens is 2. The standard InChI is InChI=1S/C24H31N5O3/c30-23-29(17-20-5-2-1-3-6-20)19-24(32-23)8-4-11-27(12-9-24)18-21-7-10-25-22(26-21)28-13-15-31-16-14-28/h1-3,5-7,10H,4,8-9,11-19H2/t24-/m0/s1. The Morgan fingerprint density at radius 3 is 2.66 bits per heavy atom. The second-order valence-corrected chi connectivity index (χ2v) is 8.97. The molecule has 1 spiro atoms. The highest BCUT2D eigenvalue weighted by molar-refractivity contribution is 5.70. The van der Waals surface area contributed by atoms with Gasteiger partial charge in [-0.3, -0.25) is 9.80 Å². The highest BCUT2D eigenvalue weighted by Gasteiger charge is 2.45. The Kier molecular flexibility index (Phi) is 6.23. The summed E-state index contributed by atoms with van der Waals surface area (Å²) in [6, 6.07) is 12.1. The number of ether oxygens (including phenoxy) is 2. The topological polar surface area (TPSA) is 71.0 Å². The van der Waals surface area contributed by atoms with Gasteiger partial charge in [-0.05, 0) is 31.0 Å². The Balaban J connectivity index is 1.19. The van der Waals surface area contributed by atoms with Gasteiger partial charge in [-0.1, -0.05) is 30.3 Å². The van der Waals surface area contributed by atoms with Gasteiger partial charge in [0, 0.05) is 45.3 Å². The minimum absolute atomic E-state index is 0.187. The molecule has 2 aromatic rings. The van der Waals surface area contributed by atoms with Gasteiger partial charge in [0.25, 0.3) is 0 Å². The summed E-state index contributed by atoms with van der Waals surface area (Å²) in [4.78, 5) is 28.3. The smallest absolute Gasteiger partial charge is 0.410 e. The van der Waals surface area contributed by atoms with Crippen molar-refractivity contribution in [2.45, 2.75) is 38.0 Å². The summed E-state index contributed by atoms with van der Waals surface area (Å²) in [5.41, 5.74) is 1.80. The number of carbonyl (C=O) groups excluding carboxylic acids is 1. The van der Waals surface area contributed by atoms with Crippen LogP contribution in [0.25, 0.3) is 0 Å². The van der Waals surface area contributed by atoms with Crippen molar-refractivity contribution in [1.82, 2.24) is 19.8 Å². The monoisotopic (exact) mass is 437 g/mol. The van der Waals surface area contributed by atoms with Gasteiger partial charge in [-0.15, -0.1) is 0 Å². The van der Waals surface area contributed by atoms with Crippen molar-refractivity contribution in [3.05, 3.63) is 53.9 Å². The van der Waals surface area contributed by atoms with E-state index in [0.717, 1.165) is 82.4 Å². The summed E-state index contributed by atoms with van der Waals surface area (Å²) in [6.45, 7) is 7.06. The van der Waals surface area contributed by atoms with E-state index in [0.29, 0.717) is 13.1 Å². The highest BCUT2D eigenvalue weighted by Crippen LogP contribution is 2.34. The van der Waals surface area contributed by atoms with E-state index in [4.69, 9.17) is 14.5 Å². The molecule has 8 nitrogen and oxygen atoms in total. The maximum absolute atomic E-state index is 12.6. The van der Waals surface area contributed by atoms with Crippen molar-refractivity contribution in [3.63, 3.8) is 0 Å².